The van der Waals surface area contributed by atoms with Crippen LogP contribution < -0.4 is 5.73 Å². The molecular formula is C6H8NO. The molecule has 0 rings (SSSR count). The van der Waals surface area contributed by atoms with Gasteiger partial charge in [0.05, 0.1) is 0 Å². The second kappa shape index (κ2) is 4.20. The molecule has 0 saturated carbocycles. The van der Waals surface area contributed by atoms with Crippen molar-refractivity contribution >= 4 is 5.91 Å². The lowest BCUT2D eigenvalue weighted by atomic mass is 10.3. The molecule has 0 atom stereocenters. The van der Waals surface area contributed by atoms with Gasteiger partial charge in [0.15, 0.2) is 0 Å². The maximum absolute atomic E-state index is 9.81. The number of amides is 1. The van der Waals surface area contributed by atoms with Crippen molar-refractivity contribution in [3.63, 3.8) is 0 Å². The highest BCUT2D eigenvalue weighted by molar-refractivity contribution is 5.91. The molecule has 0 aliphatic heterocycles. The summed E-state index contributed by atoms with van der Waals surface area (Å²) in [5.74, 6) is 3.88. The van der Waals surface area contributed by atoms with E-state index in [1.165, 1.54) is 0 Å². The van der Waals surface area contributed by atoms with Gasteiger partial charge in [-0.25, -0.2) is 0 Å². The Morgan fingerprint density at radius 3 is 2.75 bits per heavy atom. The number of unbranched alkanes of at least 4 members (excludes halogenated alkanes) is 1. The van der Waals surface area contributed by atoms with E-state index in [1.807, 2.05) is 6.92 Å². The van der Waals surface area contributed by atoms with Gasteiger partial charge in [-0.05, 0) is 12.3 Å². The number of carbonyl (C=O) groups is 1. The van der Waals surface area contributed by atoms with Gasteiger partial charge < -0.3 is 0 Å². The van der Waals surface area contributed by atoms with Crippen LogP contribution in [0.5, 0.6) is 0 Å². The Morgan fingerprint density at radius 2 is 2.38 bits per heavy atom. The van der Waals surface area contributed by atoms with Crippen molar-refractivity contribution in [3.05, 3.63) is 0 Å². The third kappa shape index (κ3) is 5.03. The summed E-state index contributed by atoms with van der Waals surface area (Å²) >= 11 is 0. The molecule has 0 aliphatic carbocycles. The second-order valence-corrected chi connectivity index (χ2v) is 1.38. The largest absolute Gasteiger partial charge is 0.314 e. The van der Waals surface area contributed by atoms with Crippen molar-refractivity contribution in [2.75, 3.05) is 0 Å². The quantitative estimate of drug-likeness (QED) is 0.455. The third-order valence-corrected chi connectivity index (χ3v) is 0.577. The standard InChI is InChI=1S/C6H8NO/c1-2-3-4-5-6(7)8/h7H,2-3H2,1H3. The first-order valence-corrected chi connectivity index (χ1v) is 2.51. The minimum absolute atomic E-state index is 0.713. The Balaban J connectivity index is 3.35. The molecule has 2 heteroatoms. The van der Waals surface area contributed by atoms with Crippen molar-refractivity contribution in [2.45, 2.75) is 19.8 Å². The predicted octanol–water partition coefficient (Wildman–Crippen LogP) is 0.599. The molecule has 0 unspecified atom stereocenters. The molecule has 0 heterocycles. The second-order valence-electron chi connectivity index (χ2n) is 1.38. The summed E-state index contributed by atoms with van der Waals surface area (Å²) < 4.78 is 0. The van der Waals surface area contributed by atoms with Crippen molar-refractivity contribution in [3.8, 4) is 11.8 Å². The molecule has 0 aliphatic rings. The first kappa shape index (κ1) is 7.03. The number of hydrogen-bond acceptors (Lipinski definition) is 1. The average molecular weight is 110 g/mol. The number of rotatable bonds is 1. The summed E-state index contributed by atoms with van der Waals surface area (Å²) in [4.78, 5) is 9.81. The van der Waals surface area contributed by atoms with E-state index in [-0.39, 0.29) is 0 Å². The van der Waals surface area contributed by atoms with Gasteiger partial charge in [0.2, 0.25) is 0 Å². The Kier molecular flexibility index (Phi) is 3.69. The van der Waals surface area contributed by atoms with E-state index >= 15 is 0 Å². The van der Waals surface area contributed by atoms with Gasteiger partial charge in [0, 0.05) is 6.42 Å². The van der Waals surface area contributed by atoms with Gasteiger partial charge in [0.25, 0.3) is 0 Å². The molecule has 1 N–H and O–H groups in total. The zero-order chi connectivity index (χ0) is 6.41. The maximum atomic E-state index is 9.81. The summed E-state index contributed by atoms with van der Waals surface area (Å²) in [6, 6.07) is 0. The number of hydrogen-bond donors (Lipinski definition) is 0. The van der Waals surface area contributed by atoms with Gasteiger partial charge in [0.1, 0.15) is 0 Å². The Bertz CT molecular complexity index is 129. The molecule has 0 bridgehead atoms. The number of carbonyl (C=O) groups excluding carboxylic acids is 1. The zero-order valence-electron chi connectivity index (χ0n) is 4.82. The van der Waals surface area contributed by atoms with E-state index in [1.54, 1.807) is 0 Å². The van der Waals surface area contributed by atoms with E-state index in [0.29, 0.717) is 6.42 Å². The van der Waals surface area contributed by atoms with E-state index in [0.717, 1.165) is 6.42 Å². The van der Waals surface area contributed by atoms with E-state index in [9.17, 15) is 4.79 Å². The monoisotopic (exact) mass is 110 g/mol. The summed E-state index contributed by atoms with van der Waals surface area (Å²) in [7, 11) is 0. The topological polar surface area (TPSA) is 40.9 Å². The van der Waals surface area contributed by atoms with Crippen LogP contribution in [-0.2, 0) is 4.79 Å². The molecule has 43 valence electrons. The van der Waals surface area contributed by atoms with Crippen LogP contribution in [-0.4, -0.2) is 5.91 Å². The predicted molar refractivity (Wildman–Crippen MR) is 30.8 cm³/mol. The highest BCUT2D eigenvalue weighted by atomic mass is 16.1. The maximum Gasteiger partial charge on any atom is 0.314 e. The Hall–Kier alpha value is -0.970. The minimum Gasteiger partial charge on any atom is -0.258 e. The molecule has 8 heavy (non-hydrogen) atoms. The summed E-state index contributed by atoms with van der Waals surface area (Å²) in [5.41, 5.74) is 6.34. The third-order valence-electron chi connectivity index (χ3n) is 0.577. The van der Waals surface area contributed by atoms with Crippen LogP contribution >= 0.6 is 0 Å². The minimum atomic E-state index is -0.793. The molecule has 0 spiro atoms. The highest BCUT2D eigenvalue weighted by Crippen LogP contribution is 1.79. The summed E-state index contributed by atoms with van der Waals surface area (Å²) in [5, 5.41) is 0. The smallest absolute Gasteiger partial charge is 0.258 e. The molecule has 0 fully saturated rings. The van der Waals surface area contributed by atoms with Crippen LogP contribution in [0.2, 0.25) is 0 Å². The van der Waals surface area contributed by atoms with Gasteiger partial charge in [-0.1, -0.05) is 12.8 Å². The van der Waals surface area contributed by atoms with E-state index in [2.05, 4.69) is 11.8 Å². The lowest BCUT2D eigenvalue weighted by Crippen LogP contribution is -1.89. The van der Waals surface area contributed by atoms with Gasteiger partial charge >= 0.3 is 5.91 Å². The summed E-state index contributed by atoms with van der Waals surface area (Å²) in [6.07, 6.45) is 1.66. The van der Waals surface area contributed by atoms with Crippen molar-refractivity contribution < 1.29 is 4.79 Å². The molecule has 0 aromatic rings. The fraction of sp³-hybridized carbons (Fsp3) is 0.500. The van der Waals surface area contributed by atoms with E-state index < -0.39 is 5.91 Å². The lowest BCUT2D eigenvalue weighted by Gasteiger charge is -1.73. The molecule has 0 saturated heterocycles. The highest BCUT2D eigenvalue weighted by Gasteiger charge is 1.78. The van der Waals surface area contributed by atoms with Crippen LogP contribution in [0.3, 0.4) is 0 Å². The van der Waals surface area contributed by atoms with Crippen LogP contribution in [0, 0.1) is 11.8 Å². The molecular weight excluding hydrogens is 102 g/mol. The average Bonchev–Trinajstić information content (AvgIpc) is 1.66. The lowest BCUT2D eigenvalue weighted by molar-refractivity contribution is -0.113. The molecule has 1 radical (unpaired) electrons. The molecule has 2 nitrogen and oxygen atoms in total. The molecule has 1 amide bonds. The van der Waals surface area contributed by atoms with Crippen LogP contribution in [0.4, 0.5) is 0 Å². The van der Waals surface area contributed by atoms with Crippen LogP contribution in [0.1, 0.15) is 19.8 Å². The van der Waals surface area contributed by atoms with Gasteiger partial charge in [-0.2, -0.15) is 0 Å². The molecule has 0 aromatic carbocycles. The Morgan fingerprint density at radius 1 is 1.75 bits per heavy atom. The molecule has 0 aromatic heterocycles. The van der Waals surface area contributed by atoms with Crippen molar-refractivity contribution in [1.29, 1.82) is 0 Å². The fourth-order valence-corrected chi connectivity index (χ4v) is 0.268. The Labute approximate surface area is 49.1 Å². The number of nitrogens with one attached hydrogen (secondary N) is 1. The van der Waals surface area contributed by atoms with Gasteiger partial charge in [-0.3, -0.25) is 10.5 Å². The van der Waals surface area contributed by atoms with Gasteiger partial charge in [-0.15, -0.1) is 0 Å². The SMILES string of the molecule is CCCC#CC([NH])=O. The van der Waals surface area contributed by atoms with Crippen molar-refractivity contribution in [2.24, 2.45) is 0 Å². The first-order chi connectivity index (χ1) is 3.77. The fourth-order valence-electron chi connectivity index (χ4n) is 0.268. The first-order valence-electron chi connectivity index (χ1n) is 2.51. The normalized spacial score (nSPS) is 7.12. The van der Waals surface area contributed by atoms with Crippen LogP contribution in [0.15, 0.2) is 0 Å². The van der Waals surface area contributed by atoms with Crippen molar-refractivity contribution in [1.82, 2.24) is 5.73 Å². The summed E-state index contributed by atoms with van der Waals surface area (Å²) in [6.45, 7) is 1.98. The zero-order valence-corrected chi connectivity index (χ0v) is 4.82. The van der Waals surface area contributed by atoms with Crippen LogP contribution in [0.25, 0.3) is 0 Å². The van der Waals surface area contributed by atoms with E-state index in [4.69, 9.17) is 5.73 Å².